The van der Waals surface area contributed by atoms with Crippen molar-refractivity contribution in [3.05, 3.63) is 131 Å². The maximum Gasteiger partial charge on any atom is 0.373 e. The number of hydrogen-bond acceptors (Lipinski definition) is 26. The minimum Gasteiger partial charge on any atom is -0.466 e. The Labute approximate surface area is 594 Å². The molecule has 26 nitrogen and oxygen atoms in total. The lowest BCUT2D eigenvalue weighted by molar-refractivity contribution is -0.231. The number of aliphatic hydroxyl groups is 7. The lowest BCUT2D eigenvalue weighted by atomic mass is 9.75. The molecule has 0 spiro atoms. The van der Waals surface area contributed by atoms with Gasteiger partial charge in [-0.25, -0.2) is 9.16 Å². The number of carbonyl (C=O) groups is 4. The summed E-state index contributed by atoms with van der Waals surface area (Å²) in [5.41, 5.74) is 3.27. The molecule has 6 unspecified atom stereocenters. The molecule has 7 aliphatic heterocycles. The van der Waals surface area contributed by atoms with Gasteiger partial charge in [-0.3, -0.25) is 24.2 Å². The van der Waals surface area contributed by atoms with Crippen molar-refractivity contribution in [2.45, 2.75) is 208 Å². The Morgan fingerprint density at radius 2 is 1.28 bits per heavy atom. The first kappa shape index (κ1) is 82.4. The molecule has 6 saturated heterocycles. The number of ether oxygens (including phenoxy) is 10. The van der Waals surface area contributed by atoms with E-state index in [1.54, 1.807) is 26.3 Å². The van der Waals surface area contributed by atoms with Gasteiger partial charge in [0.05, 0.1) is 89.4 Å². The zero-order valence-electron chi connectivity index (χ0n) is 59.2. The van der Waals surface area contributed by atoms with E-state index >= 15 is 0 Å². The van der Waals surface area contributed by atoms with E-state index in [1.165, 1.54) is 28.1 Å². The Kier molecular flexibility index (Phi) is 33.0. The van der Waals surface area contributed by atoms with Crippen molar-refractivity contribution in [1.82, 2.24) is 9.80 Å². The van der Waals surface area contributed by atoms with E-state index in [9.17, 15) is 49.8 Å². The van der Waals surface area contributed by atoms with E-state index in [0.29, 0.717) is 78.0 Å². The van der Waals surface area contributed by atoms with Crippen molar-refractivity contribution < 1.29 is 112 Å². The Morgan fingerprint density at radius 3 is 1.81 bits per heavy atom. The monoisotopic (exact) mass is 1440 g/mol. The molecule has 0 aliphatic carbocycles. The van der Waals surface area contributed by atoms with Gasteiger partial charge in [-0.15, -0.1) is 0 Å². The van der Waals surface area contributed by atoms with Gasteiger partial charge in [0, 0.05) is 90.4 Å². The number of fused-ring (bicyclic) bond motifs is 2. The standard InChI is InChI=1S/C32H37NO5.C21H31NO7S.C20H37NO9.CO2/c1-35-23-29-31(37-21-25-13-7-3-8-14-25)32(38-22-26-15-9-4-10-16-26)30(28-19-27(34)17-18-33(28)29)36-20-24-11-5-2-6-12-24;1-13-11-21(20(25)26-6,30-10-8-7-9-22-30)29-19(14(13)2)15(3)18(28-17(5)24)12-27-16(4)23;1-9-13(23)6-15(30-20(9)18(27)14(24)7-22)10-3-4-21-11(5-10)16(25)19(28)17(26)12(21)8-29-2;2-1-3/h2-16,28-32H,17-23H2,1H3;7-10,13-15,18-19H,11-12H2,1-6H3;9-20,22-28H,3-8H2,1-2H3;/t28?,29-,30-,31-,32-;13-,14-,15-,18-,19?,21+,30?;9-,10?,11?,12+,13-,14-,15+,16+,17+,18-,19+,20?;/m011./s1. The highest BCUT2D eigenvalue weighted by Gasteiger charge is 2.57. The third-order valence-electron chi connectivity index (χ3n) is 20.5. The Bertz CT molecular complexity index is 3170. The van der Waals surface area contributed by atoms with Crippen LogP contribution < -0.4 is 0 Å². The third kappa shape index (κ3) is 21.6. The second-order valence-electron chi connectivity index (χ2n) is 27.1. The maximum absolute atomic E-state index is 13.0. The van der Waals surface area contributed by atoms with Crippen molar-refractivity contribution in [2.24, 2.45) is 34.0 Å². The number of allylic oxidation sites excluding steroid dienone is 2. The second-order valence-corrected chi connectivity index (χ2v) is 28.9. The summed E-state index contributed by atoms with van der Waals surface area (Å²) < 4.78 is 63.7. The van der Waals surface area contributed by atoms with E-state index < -0.39 is 119 Å². The van der Waals surface area contributed by atoms with Crippen LogP contribution in [0.1, 0.15) is 96.8 Å². The summed E-state index contributed by atoms with van der Waals surface area (Å²) in [6, 6.07) is 29.5. The molecule has 24 atom stereocenters. The van der Waals surface area contributed by atoms with Crippen molar-refractivity contribution in [3.63, 3.8) is 0 Å². The minimum absolute atomic E-state index is 0.0466. The van der Waals surface area contributed by atoms with Crippen molar-refractivity contribution in [1.29, 1.82) is 0 Å². The average molecular weight is 1440 g/mol. The second kappa shape index (κ2) is 40.4. The highest BCUT2D eigenvalue weighted by Crippen LogP contribution is 2.46. The molecule has 6 fully saturated rings. The number of piperidine rings is 4. The molecule has 3 aromatic carbocycles. The van der Waals surface area contributed by atoms with Crippen LogP contribution in [0.2, 0.25) is 0 Å². The summed E-state index contributed by atoms with van der Waals surface area (Å²) in [5, 5.41) is 73.0. The van der Waals surface area contributed by atoms with E-state index in [-0.39, 0.29) is 79.2 Å². The molecule has 7 heterocycles. The number of Topliss-reactive ketones (excluding diaryl/α,β-unsaturated/α-hetero) is 1. The van der Waals surface area contributed by atoms with Gasteiger partial charge in [-0.05, 0) is 76.0 Å². The molecule has 0 amide bonds. The van der Waals surface area contributed by atoms with E-state index in [4.69, 9.17) is 62.1 Å². The molecule has 27 heteroatoms. The van der Waals surface area contributed by atoms with Gasteiger partial charge in [0.1, 0.15) is 61.2 Å². The SMILES string of the molecule is COC(=O)[C@@]1(S2=NC=CC=C2)C[C@@H](C)[C@@H](C)C([C@H](C)[C@@H](COC(C)=O)OC(C)=O)O1.COC[C@H]1[C@H](O)[C@@H](O)[C@@H](O)C2CC([C@@H]3C[C@@H](O)[C@@H](C)C([C@H](O)[C@H](O)CO)O3)CCN21.COC[C@H]1[C@H](OCc2ccccc2)[C@@H](OCc2ccccc2)[C@@H](OCc2ccccc2)C2CC(=O)CCN21.O=C=O. The van der Waals surface area contributed by atoms with Crippen LogP contribution in [-0.4, -0.2) is 245 Å². The maximum atomic E-state index is 13.0. The van der Waals surface area contributed by atoms with Gasteiger partial charge in [-0.1, -0.05) is 125 Å². The fourth-order valence-corrected chi connectivity index (χ4v) is 16.7. The van der Waals surface area contributed by atoms with Gasteiger partial charge in [0.2, 0.25) is 4.93 Å². The van der Waals surface area contributed by atoms with Gasteiger partial charge in [0.25, 0.3) is 0 Å². The number of nitrogens with zero attached hydrogens (tertiary/aromatic N) is 3. The molecular weight excluding hydrogens is 1330 g/mol. The van der Waals surface area contributed by atoms with Crippen molar-refractivity contribution >= 4 is 40.5 Å². The van der Waals surface area contributed by atoms with Crippen LogP contribution in [0, 0.1) is 29.6 Å². The number of benzene rings is 3. The molecule has 3 aromatic rings. The summed E-state index contributed by atoms with van der Waals surface area (Å²) in [5.74, 6) is -1.80. The fraction of sp³-hybridized carbons (Fsp3) is 0.635. The molecule has 10 rings (SSSR count). The molecule has 0 bridgehead atoms. The quantitative estimate of drug-likeness (QED) is 0.0489. The number of ketones is 1. The molecule has 560 valence electrons. The minimum atomic E-state index is -1.36. The van der Waals surface area contributed by atoms with E-state index in [0.717, 1.165) is 16.7 Å². The summed E-state index contributed by atoms with van der Waals surface area (Å²) in [7, 11) is 3.72. The number of hydrogen-bond donors (Lipinski definition) is 7. The topological polar surface area (TPSA) is 355 Å². The smallest absolute Gasteiger partial charge is 0.373 e. The van der Waals surface area contributed by atoms with Crippen LogP contribution in [0.4, 0.5) is 0 Å². The Morgan fingerprint density at radius 1 is 0.713 bits per heavy atom. The van der Waals surface area contributed by atoms with E-state index in [2.05, 4.69) is 52.6 Å². The van der Waals surface area contributed by atoms with Crippen molar-refractivity contribution in [2.75, 3.05) is 60.8 Å². The van der Waals surface area contributed by atoms with Crippen molar-refractivity contribution in [3.8, 4) is 0 Å². The predicted molar refractivity (Wildman–Crippen MR) is 367 cm³/mol. The number of esters is 3. The molecule has 101 heavy (non-hydrogen) atoms. The van der Waals surface area contributed by atoms with Gasteiger partial charge in [0.15, 0.2) is 0 Å². The lowest BCUT2D eigenvalue weighted by Gasteiger charge is -2.54. The first-order valence-electron chi connectivity index (χ1n) is 34.6. The Hall–Kier alpha value is -5.89. The van der Waals surface area contributed by atoms with Crippen LogP contribution in [0.5, 0.6) is 0 Å². The van der Waals surface area contributed by atoms with Crippen LogP contribution >= 0.6 is 0 Å². The van der Waals surface area contributed by atoms with Crippen LogP contribution in [-0.2, 0) is 107 Å². The Balaban J connectivity index is 0.000000211. The predicted octanol–water partition coefficient (Wildman–Crippen LogP) is 4.16. The highest BCUT2D eigenvalue weighted by molar-refractivity contribution is 7.92. The first-order chi connectivity index (χ1) is 48.5. The highest BCUT2D eigenvalue weighted by atomic mass is 32.2. The lowest BCUT2D eigenvalue weighted by Crippen LogP contribution is -2.70. The number of methoxy groups -OCH3 is 3. The molecular formula is C74H105N3O23S. The normalized spacial score (nSPS) is 33.5. The zero-order chi connectivity index (χ0) is 73.5. The van der Waals surface area contributed by atoms with Crippen LogP contribution in [0.15, 0.2) is 119 Å². The first-order valence-corrected chi connectivity index (χ1v) is 35.9. The molecule has 0 saturated carbocycles. The van der Waals surface area contributed by atoms with Crippen LogP contribution in [0.25, 0.3) is 0 Å². The van der Waals surface area contributed by atoms with Gasteiger partial charge < -0.3 is 83.1 Å². The average Bonchev–Trinajstić information content (AvgIpc) is 0.769. The summed E-state index contributed by atoms with van der Waals surface area (Å²) >= 11 is 0. The summed E-state index contributed by atoms with van der Waals surface area (Å²) in [6.45, 7) is 12.9. The third-order valence-corrected chi connectivity index (χ3v) is 22.4. The summed E-state index contributed by atoms with van der Waals surface area (Å²) in [4.78, 5) is 68.0. The number of rotatable bonds is 24. The van der Waals surface area contributed by atoms with Crippen LogP contribution in [0.3, 0.4) is 0 Å². The van der Waals surface area contributed by atoms with Gasteiger partial charge in [-0.2, -0.15) is 9.59 Å². The largest absolute Gasteiger partial charge is 0.466 e. The summed E-state index contributed by atoms with van der Waals surface area (Å²) in [6.07, 6.45) is -1.86. The van der Waals surface area contributed by atoms with Gasteiger partial charge >= 0.3 is 24.1 Å². The molecule has 7 aliphatic rings. The zero-order valence-corrected chi connectivity index (χ0v) is 60.0. The molecule has 0 aromatic heterocycles. The molecule has 0 radical (unpaired) electrons. The number of aliphatic hydroxyl groups excluding tert-OH is 7. The number of carbonyl (C=O) groups excluding carboxylic acids is 6. The molecule has 7 N–H and O–H groups in total. The van der Waals surface area contributed by atoms with E-state index in [1.807, 2.05) is 84.8 Å². The fourth-order valence-electron chi connectivity index (χ4n) is 14.9.